The average molecular weight is 445 g/mol. The molecule has 3 rings (SSSR count). The van der Waals surface area contributed by atoms with Gasteiger partial charge < -0.3 is 20.5 Å². The van der Waals surface area contributed by atoms with E-state index in [1.54, 1.807) is 0 Å². The number of carbonyl (C=O) groups is 1. The number of alkyl halides is 3. The number of nitrogens with zero attached hydrogens (tertiary/aromatic N) is 3. The number of rotatable bonds is 6. The first-order valence-corrected chi connectivity index (χ1v) is 10.0. The molecule has 0 spiro atoms. The van der Waals surface area contributed by atoms with Crippen molar-refractivity contribution >= 4 is 32.8 Å². The number of nitrogens with one attached hydrogen (secondary N) is 2. The fourth-order valence-electron chi connectivity index (χ4n) is 2.69. The highest BCUT2D eigenvalue weighted by atomic mass is 32.2. The summed E-state index contributed by atoms with van der Waals surface area (Å²) in [5.41, 5.74) is -1.84. The van der Waals surface area contributed by atoms with Gasteiger partial charge in [-0.1, -0.05) is 0 Å². The van der Waals surface area contributed by atoms with Crippen LogP contribution in [0.2, 0.25) is 0 Å². The van der Waals surface area contributed by atoms with Gasteiger partial charge in [-0.15, -0.1) is 0 Å². The van der Waals surface area contributed by atoms with Crippen LogP contribution in [0.3, 0.4) is 0 Å². The molecule has 0 atom stereocenters. The predicted molar refractivity (Wildman–Crippen MR) is 96.4 cm³/mol. The number of benzene rings is 1. The number of H-pyrrole nitrogens is 1. The Kier molecular flexibility index (Phi) is 5.38. The number of hydrogen-bond acceptors (Lipinski definition) is 8. The molecule has 10 nitrogen and oxygen atoms in total. The SMILES string of the molecule is CS(=O)(=O)c1cc2nc(CNc3ncc(C(=O)O)c(C(F)(F)F)n3)[nH]c2cc1CO. The zero-order valence-electron chi connectivity index (χ0n) is 15.1. The molecule has 2 heterocycles. The van der Waals surface area contributed by atoms with Gasteiger partial charge in [-0.05, 0) is 17.7 Å². The lowest BCUT2D eigenvalue weighted by Crippen LogP contribution is -2.18. The summed E-state index contributed by atoms with van der Waals surface area (Å²) in [6.07, 6.45) is -3.46. The van der Waals surface area contributed by atoms with E-state index in [2.05, 4.69) is 25.3 Å². The molecule has 0 radical (unpaired) electrons. The minimum atomic E-state index is -4.99. The van der Waals surface area contributed by atoms with E-state index in [4.69, 9.17) is 5.11 Å². The van der Waals surface area contributed by atoms with Crippen molar-refractivity contribution in [1.29, 1.82) is 0 Å². The quantitative estimate of drug-likeness (QED) is 0.442. The van der Waals surface area contributed by atoms with E-state index in [1.165, 1.54) is 12.1 Å². The summed E-state index contributed by atoms with van der Waals surface area (Å²) in [6.45, 7) is -0.685. The molecule has 0 unspecified atom stereocenters. The van der Waals surface area contributed by atoms with Crippen LogP contribution in [0.4, 0.5) is 19.1 Å². The summed E-state index contributed by atoms with van der Waals surface area (Å²) in [6, 6.07) is 2.68. The van der Waals surface area contributed by atoms with Gasteiger partial charge in [0.25, 0.3) is 0 Å². The second-order valence-electron chi connectivity index (χ2n) is 6.20. The Labute approximate surface area is 166 Å². The number of aromatic nitrogens is 4. The minimum Gasteiger partial charge on any atom is -0.478 e. The van der Waals surface area contributed by atoms with Gasteiger partial charge in [0.2, 0.25) is 5.95 Å². The van der Waals surface area contributed by atoms with Crippen LogP contribution in [0.5, 0.6) is 0 Å². The van der Waals surface area contributed by atoms with Gasteiger partial charge in [-0.2, -0.15) is 13.2 Å². The van der Waals surface area contributed by atoms with Gasteiger partial charge in [0.1, 0.15) is 11.4 Å². The molecule has 30 heavy (non-hydrogen) atoms. The number of sulfone groups is 1. The first kappa shape index (κ1) is 21.4. The maximum Gasteiger partial charge on any atom is 0.434 e. The van der Waals surface area contributed by atoms with Crippen molar-refractivity contribution in [2.75, 3.05) is 11.6 Å². The maximum atomic E-state index is 13.0. The van der Waals surface area contributed by atoms with E-state index in [-0.39, 0.29) is 28.3 Å². The monoisotopic (exact) mass is 445 g/mol. The highest BCUT2D eigenvalue weighted by Crippen LogP contribution is 2.31. The van der Waals surface area contributed by atoms with Crippen molar-refractivity contribution in [3.63, 3.8) is 0 Å². The number of imidazole rings is 1. The number of aromatic amines is 1. The molecule has 0 bridgehead atoms. The van der Waals surface area contributed by atoms with Gasteiger partial charge in [0.15, 0.2) is 15.5 Å². The smallest absolute Gasteiger partial charge is 0.434 e. The molecule has 160 valence electrons. The van der Waals surface area contributed by atoms with E-state index in [9.17, 15) is 31.5 Å². The fraction of sp³-hybridized carbons (Fsp3) is 0.250. The van der Waals surface area contributed by atoms with Crippen LogP contribution in [-0.4, -0.2) is 50.8 Å². The number of carboxylic acids is 1. The largest absolute Gasteiger partial charge is 0.478 e. The van der Waals surface area contributed by atoms with Crippen LogP contribution in [-0.2, 0) is 29.2 Å². The lowest BCUT2D eigenvalue weighted by atomic mass is 10.2. The number of aromatic carboxylic acids is 1. The Hall–Kier alpha value is -3.26. The molecule has 0 saturated heterocycles. The van der Waals surface area contributed by atoms with E-state index in [0.29, 0.717) is 11.7 Å². The minimum absolute atomic E-state index is 0.0917. The standard InChI is InChI=1S/C16H14F3N5O5S/c1-30(28,29)11-3-10-9(2-7(11)6-25)22-12(23-10)5-21-15-20-4-8(14(26)27)13(24-15)16(17,18)19/h2-4,25H,5-6H2,1H3,(H,22,23)(H,26,27)(H,20,21,24). The number of aliphatic hydroxyl groups excluding tert-OH is 1. The van der Waals surface area contributed by atoms with Crippen LogP contribution >= 0.6 is 0 Å². The number of halogens is 3. The lowest BCUT2D eigenvalue weighted by Gasteiger charge is -2.10. The molecular weight excluding hydrogens is 431 g/mol. The summed E-state index contributed by atoms with van der Waals surface area (Å²) >= 11 is 0. The Balaban J connectivity index is 1.90. The molecule has 3 aromatic rings. The summed E-state index contributed by atoms with van der Waals surface area (Å²) in [5, 5.41) is 20.7. The number of fused-ring (bicyclic) bond motifs is 1. The van der Waals surface area contributed by atoms with Crippen molar-refractivity contribution in [1.82, 2.24) is 19.9 Å². The highest BCUT2D eigenvalue weighted by molar-refractivity contribution is 7.90. The van der Waals surface area contributed by atoms with E-state index in [1.807, 2.05) is 0 Å². The molecule has 14 heteroatoms. The molecule has 0 aliphatic rings. The molecule has 0 amide bonds. The van der Waals surface area contributed by atoms with Gasteiger partial charge in [-0.3, -0.25) is 0 Å². The maximum absolute atomic E-state index is 13.0. The third-order valence-corrected chi connectivity index (χ3v) is 5.16. The normalized spacial score (nSPS) is 12.3. The van der Waals surface area contributed by atoms with Crippen LogP contribution in [0.25, 0.3) is 11.0 Å². The predicted octanol–water partition coefficient (Wildman–Crippen LogP) is 1.58. The van der Waals surface area contributed by atoms with Crippen molar-refractivity contribution in [3.8, 4) is 0 Å². The van der Waals surface area contributed by atoms with Gasteiger partial charge in [0.05, 0.1) is 29.1 Å². The van der Waals surface area contributed by atoms with Gasteiger partial charge >= 0.3 is 12.1 Å². The van der Waals surface area contributed by atoms with Crippen LogP contribution in [0.15, 0.2) is 23.2 Å². The third-order valence-electron chi connectivity index (χ3n) is 3.98. The summed E-state index contributed by atoms with van der Waals surface area (Å²) in [5.74, 6) is -2.06. The van der Waals surface area contributed by atoms with Crippen molar-refractivity contribution in [3.05, 3.63) is 41.0 Å². The van der Waals surface area contributed by atoms with Crippen LogP contribution in [0.1, 0.15) is 27.4 Å². The number of hydrogen-bond donors (Lipinski definition) is 4. The number of aliphatic hydroxyl groups is 1. The van der Waals surface area contributed by atoms with Crippen LogP contribution in [0, 0.1) is 0 Å². The molecule has 0 aliphatic carbocycles. The zero-order valence-corrected chi connectivity index (χ0v) is 16.0. The second kappa shape index (κ2) is 7.53. The Morgan fingerprint density at radius 1 is 1.27 bits per heavy atom. The Bertz CT molecular complexity index is 1240. The first-order chi connectivity index (χ1) is 13.9. The molecule has 4 N–H and O–H groups in total. The topological polar surface area (TPSA) is 158 Å². The summed E-state index contributed by atoms with van der Waals surface area (Å²) in [4.78, 5) is 24.6. The Morgan fingerprint density at radius 3 is 2.53 bits per heavy atom. The van der Waals surface area contributed by atoms with Crippen molar-refractivity contribution < 1.29 is 36.6 Å². The van der Waals surface area contributed by atoms with E-state index >= 15 is 0 Å². The van der Waals surface area contributed by atoms with Gasteiger partial charge in [-0.25, -0.2) is 28.2 Å². The van der Waals surface area contributed by atoms with E-state index < -0.39 is 45.8 Å². The van der Waals surface area contributed by atoms with E-state index in [0.717, 1.165) is 6.26 Å². The molecule has 0 aliphatic heterocycles. The number of anilines is 1. The summed E-state index contributed by atoms with van der Waals surface area (Å²) < 4.78 is 62.8. The van der Waals surface area contributed by atoms with Crippen molar-refractivity contribution in [2.24, 2.45) is 0 Å². The molecule has 0 saturated carbocycles. The molecular formula is C16H14F3N5O5S. The van der Waals surface area contributed by atoms with Crippen LogP contribution < -0.4 is 5.32 Å². The van der Waals surface area contributed by atoms with Crippen molar-refractivity contribution in [2.45, 2.75) is 24.2 Å². The molecule has 1 aromatic carbocycles. The second-order valence-corrected chi connectivity index (χ2v) is 8.19. The lowest BCUT2D eigenvalue weighted by molar-refractivity contribution is -0.141. The molecule has 0 fully saturated rings. The zero-order chi connectivity index (χ0) is 22.3. The number of carboxylic acid groups (broad SMARTS) is 1. The highest BCUT2D eigenvalue weighted by Gasteiger charge is 2.38. The first-order valence-electron chi connectivity index (χ1n) is 8.14. The third kappa shape index (κ3) is 4.33. The molecule has 2 aromatic heterocycles. The van der Waals surface area contributed by atoms with Gasteiger partial charge in [0, 0.05) is 12.5 Å². The summed E-state index contributed by atoms with van der Waals surface area (Å²) in [7, 11) is -3.62. The fourth-order valence-corrected chi connectivity index (χ4v) is 3.62. The Morgan fingerprint density at radius 2 is 1.97 bits per heavy atom. The average Bonchev–Trinajstić information content (AvgIpc) is 3.05.